The lowest BCUT2D eigenvalue weighted by molar-refractivity contribution is -0.137. The summed E-state index contributed by atoms with van der Waals surface area (Å²) in [4.78, 5) is 4.13. The Kier molecular flexibility index (Phi) is 4.61. The van der Waals surface area contributed by atoms with Crippen molar-refractivity contribution in [1.82, 2.24) is 4.98 Å². The number of hydrogen-bond donors (Lipinski definition) is 2. The molecule has 0 fully saturated rings. The van der Waals surface area contributed by atoms with E-state index in [9.17, 15) is 13.2 Å². The van der Waals surface area contributed by atoms with Crippen molar-refractivity contribution in [3.8, 4) is 0 Å². The van der Waals surface area contributed by atoms with Crippen molar-refractivity contribution in [2.45, 2.75) is 6.18 Å². The Morgan fingerprint density at radius 2 is 1.95 bits per heavy atom. The minimum atomic E-state index is -4.40. The first kappa shape index (κ1) is 16.2. The summed E-state index contributed by atoms with van der Waals surface area (Å²) in [5.41, 5.74) is 0.967. The van der Waals surface area contributed by atoms with Gasteiger partial charge in [-0.2, -0.15) is 13.2 Å². The summed E-state index contributed by atoms with van der Waals surface area (Å²) >= 11 is 5.85. The topological polar surface area (TPSA) is 37.0 Å². The highest BCUT2D eigenvalue weighted by atomic mass is 35.5. The van der Waals surface area contributed by atoms with Crippen LogP contribution < -0.4 is 10.6 Å². The minimum absolute atomic E-state index is 0.265. The fraction of sp³-hybridized carbons (Fsp3) is 0.133. The third-order valence-electron chi connectivity index (χ3n) is 2.90. The van der Waals surface area contributed by atoms with Gasteiger partial charge in [-0.1, -0.05) is 24.2 Å². The van der Waals surface area contributed by atoms with Gasteiger partial charge < -0.3 is 10.6 Å². The highest BCUT2D eigenvalue weighted by molar-refractivity contribution is 6.29. The smallest absolute Gasteiger partial charge is 0.386 e. The number of pyridine rings is 1. The molecule has 22 heavy (non-hydrogen) atoms. The second-order valence-electron chi connectivity index (χ2n) is 4.46. The molecule has 0 unspecified atom stereocenters. The van der Waals surface area contributed by atoms with Crippen molar-refractivity contribution in [1.29, 1.82) is 0 Å². The monoisotopic (exact) mass is 327 g/mol. The summed E-state index contributed by atoms with van der Waals surface area (Å²) < 4.78 is 38.1. The lowest BCUT2D eigenvalue weighted by Crippen LogP contribution is -2.07. The van der Waals surface area contributed by atoms with Gasteiger partial charge in [0.05, 0.1) is 16.9 Å². The fourth-order valence-corrected chi connectivity index (χ4v) is 2.02. The van der Waals surface area contributed by atoms with Gasteiger partial charge in [-0.05, 0) is 30.3 Å². The molecule has 3 nitrogen and oxygen atoms in total. The third kappa shape index (κ3) is 3.71. The van der Waals surface area contributed by atoms with Crippen LogP contribution in [0.5, 0.6) is 0 Å². The number of nitrogens with zero attached hydrogens (tertiary/aromatic N) is 1. The van der Waals surface area contributed by atoms with E-state index >= 15 is 0 Å². The normalized spacial score (nSPS) is 11.1. The van der Waals surface area contributed by atoms with Crippen molar-refractivity contribution in [2.24, 2.45) is 0 Å². The summed E-state index contributed by atoms with van der Waals surface area (Å²) in [7, 11) is 1.70. The number of halogens is 4. The van der Waals surface area contributed by atoms with Crippen molar-refractivity contribution in [3.05, 3.63) is 59.4 Å². The summed E-state index contributed by atoms with van der Waals surface area (Å²) in [6, 6.07) is 8.17. The van der Waals surface area contributed by atoms with E-state index in [0.29, 0.717) is 17.1 Å². The zero-order chi connectivity index (χ0) is 16.3. The van der Waals surface area contributed by atoms with Crippen LogP contribution in [-0.4, -0.2) is 12.0 Å². The van der Waals surface area contributed by atoms with Crippen LogP contribution >= 0.6 is 11.6 Å². The van der Waals surface area contributed by atoms with Crippen LogP contribution in [0.15, 0.2) is 43.0 Å². The number of rotatable bonds is 4. The van der Waals surface area contributed by atoms with E-state index in [1.165, 1.54) is 12.1 Å². The van der Waals surface area contributed by atoms with Gasteiger partial charge in [0.15, 0.2) is 0 Å². The molecule has 0 aliphatic heterocycles. The van der Waals surface area contributed by atoms with Crippen LogP contribution in [0.25, 0.3) is 5.70 Å². The quantitative estimate of drug-likeness (QED) is 0.786. The van der Waals surface area contributed by atoms with Gasteiger partial charge in [-0.3, -0.25) is 0 Å². The molecule has 1 heterocycles. The maximum Gasteiger partial charge on any atom is 0.416 e. The molecule has 1 aromatic carbocycles. The fourth-order valence-electron chi connectivity index (χ4n) is 1.87. The zero-order valence-electron chi connectivity index (χ0n) is 11.6. The van der Waals surface area contributed by atoms with Gasteiger partial charge >= 0.3 is 6.18 Å². The third-order valence-corrected chi connectivity index (χ3v) is 3.11. The molecule has 0 radical (unpaired) electrons. The molecule has 2 aromatic rings. The zero-order valence-corrected chi connectivity index (χ0v) is 12.4. The average molecular weight is 328 g/mol. The van der Waals surface area contributed by atoms with Crippen LogP contribution in [0.4, 0.5) is 24.5 Å². The standard InChI is InChI=1S/C15H13ClF3N3/c1-9(14-12(20-2)6-7-13(16)22-14)21-11-5-3-4-10(8-11)15(17,18)19/h3-8,20-21H,1H2,2H3. The molecule has 7 heteroatoms. The SMILES string of the molecule is C=C(Nc1cccc(C(F)(F)F)c1)c1nc(Cl)ccc1NC. The van der Waals surface area contributed by atoms with E-state index in [2.05, 4.69) is 22.2 Å². The first-order valence-electron chi connectivity index (χ1n) is 6.29. The molecule has 0 saturated heterocycles. The Morgan fingerprint density at radius 1 is 1.23 bits per heavy atom. The van der Waals surface area contributed by atoms with Crippen LogP contribution in [0.2, 0.25) is 5.15 Å². The molecule has 0 spiro atoms. The Labute approximate surface area is 130 Å². The van der Waals surface area contributed by atoms with Gasteiger partial charge in [0.25, 0.3) is 0 Å². The number of nitrogens with one attached hydrogen (secondary N) is 2. The Balaban J connectivity index is 2.28. The summed E-state index contributed by atoms with van der Waals surface area (Å²) in [6.07, 6.45) is -4.40. The molecular weight excluding hydrogens is 315 g/mol. The molecule has 116 valence electrons. The van der Waals surface area contributed by atoms with Crippen molar-refractivity contribution < 1.29 is 13.2 Å². The van der Waals surface area contributed by atoms with Crippen LogP contribution in [-0.2, 0) is 6.18 Å². The van der Waals surface area contributed by atoms with Gasteiger partial charge in [0.1, 0.15) is 10.8 Å². The number of alkyl halides is 3. The molecule has 2 N–H and O–H groups in total. The average Bonchev–Trinajstić information content (AvgIpc) is 2.46. The van der Waals surface area contributed by atoms with Crippen LogP contribution in [0.3, 0.4) is 0 Å². The molecule has 0 bridgehead atoms. The maximum absolute atomic E-state index is 12.7. The predicted octanol–water partition coefficient (Wildman–Crippen LogP) is 4.88. The largest absolute Gasteiger partial charge is 0.416 e. The second-order valence-corrected chi connectivity index (χ2v) is 4.85. The molecule has 1 aromatic heterocycles. The lowest BCUT2D eigenvalue weighted by Gasteiger charge is -2.14. The second kappa shape index (κ2) is 6.27. The Bertz CT molecular complexity index is 699. The molecule has 0 amide bonds. The first-order valence-corrected chi connectivity index (χ1v) is 6.67. The van der Waals surface area contributed by atoms with Crippen LogP contribution in [0, 0.1) is 0 Å². The van der Waals surface area contributed by atoms with Crippen LogP contribution in [0.1, 0.15) is 11.3 Å². The Morgan fingerprint density at radius 3 is 2.59 bits per heavy atom. The highest BCUT2D eigenvalue weighted by Crippen LogP contribution is 2.31. The molecular formula is C15H13ClF3N3. The van der Waals surface area contributed by atoms with Gasteiger partial charge in [-0.25, -0.2) is 4.98 Å². The number of benzene rings is 1. The van der Waals surface area contributed by atoms with E-state index < -0.39 is 11.7 Å². The molecule has 0 saturated carbocycles. The van der Waals surface area contributed by atoms with E-state index in [1.807, 2.05) is 0 Å². The molecule has 2 rings (SSSR count). The Hall–Kier alpha value is -2.21. The minimum Gasteiger partial charge on any atom is -0.386 e. The maximum atomic E-state index is 12.7. The lowest BCUT2D eigenvalue weighted by atomic mass is 10.1. The van der Waals surface area contributed by atoms with E-state index in [-0.39, 0.29) is 10.8 Å². The molecule has 0 atom stereocenters. The van der Waals surface area contributed by atoms with Crippen molar-refractivity contribution >= 4 is 28.7 Å². The summed E-state index contributed by atoms with van der Waals surface area (Å²) in [6.45, 7) is 3.81. The van der Waals surface area contributed by atoms with Crippen molar-refractivity contribution in [3.63, 3.8) is 0 Å². The molecule has 0 aliphatic rings. The predicted molar refractivity (Wildman–Crippen MR) is 82.9 cm³/mol. The highest BCUT2D eigenvalue weighted by Gasteiger charge is 2.30. The van der Waals surface area contributed by atoms with Gasteiger partial charge in [0.2, 0.25) is 0 Å². The number of aromatic nitrogens is 1. The number of hydrogen-bond acceptors (Lipinski definition) is 3. The van der Waals surface area contributed by atoms with Gasteiger partial charge in [-0.15, -0.1) is 0 Å². The van der Waals surface area contributed by atoms with E-state index in [0.717, 1.165) is 12.1 Å². The van der Waals surface area contributed by atoms with Crippen molar-refractivity contribution in [2.75, 3.05) is 17.7 Å². The van der Waals surface area contributed by atoms with Gasteiger partial charge in [0, 0.05) is 12.7 Å². The summed E-state index contributed by atoms with van der Waals surface area (Å²) in [5.74, 6) is 0. The first-order chi connectivity index (χ1) is 10.3. The molecule has 0 aliphatic carbocycles. The van der Waals surface area contributed by atoms with E-state index in [4.69, 9.17) is 11.6 Å². The number of anilines is 2. The van der Waals surface area contributed by atoms with E-state index in [1.54, 1.807) is 19.2 Å². The summed E-state index contributed by atoms with van der Waals surface area (Å²) in [5, 5.41) is 6.00.